The van der Waals surface area contributed by atoms with Gasteiger partial charge < -0.3 is 10.0 Å². The van der Waals surface area contributed by atoms with Crippen molar-refractivity contribution in [2.45, 2.75) is 25.1 Å². The number of carbonyl (C=O) groups is 1. The molecular weight excluding hydrogens is 255 g/mol. The number of carboxylic acid groups (broad SMARTS) is 1. The molecule has 1 aromatic heterocycles. The van der Waals surface area contributed by atoms with E-state index in [2.05, 4.69) is 11.9 Å². The third-order valence-corrected chi connectivity index (χ3v) is 4.56. The highest BCUT2D eigenvalue weighted by atomic mass is 32.2. The van der Waals surface area contributed by atoms with E-state index in [9.17, 15) is 9.18 Å². The average molecular weight is 270 g/mol. The normalized spacial score (nSPS) is 24.1. The van der Waals surface area contributed by atoms with Crippen molar-refractivity contribution >= 4 is 23.5 Å². The third kappa shape index (κ3) is 2.43. The minimum absolute atomic E-state index is 0.0686. The molecule has 0 bridgehead atoms. The van der Waals surface area contributed by atoms with Gasteiger partial charge in [-0.2, -0.15) is 11.8 Å². The highest BCUT2D eigenvalue weighted by Gasteiger charge is 2.29. The average Bonchev–Trinajstić information content (AvgIpc) is 2.33. The van der Waals surface area contributed by atoms with Crippen molar-refractivity contribution < 1.29 is 14.3 Å². The first-order valence-corrected chi connectivity index (χ1v) is 6.82. The Balaban J connectivity index is 2.40. The standard InChI is InChI=1S/C12H15FN2O2S/c1-7-8(2)18-4-3-15(7)11-10(12(16)17)5-9(13)6-14-11/h5-8H,3-4H2,1-2H3,(H,16,17). The molecule has 0 aromatic carbocycles. The molecular formula is C12H15FN2O2S. The molecule has 6 heteroatoms. The molecule has 1 fully saturated rings. The number of thioether (sulfide) groups is 1. The zero-order valence-corrected chi connectivity index (χ0v) is 11.1. The maximum Gasteiger partial charge on any atom is 0.339 e. The van der Waals surface area contributed by atoms with Crippen LogP contribution in [0, 0.1) is 5.82 Å². The lowest BCUT2D eigenvalue weighted by Gasteiger charge is -2.38. The van der Waals surface area contributed by atoms with Gasteiger partial charge in [0.25, 0.3) is 0 Å². The van der Waals surface area contributed by atoms with Crippen LogP contribution in [0.5, 0.6) is 0 Å². The molecule has 0 amide bonds. The Bertz CT molecular complexity index is 469. The lowest BCUT2D eigenvalue weighted by Crippen LogP contribution is -2.45. The van der Waals surface area contributed by atoms with E-state index >= 15 is 0 Å². The summed E-state index contributed by atoms with van der Waals surface area (Å²) >= 11 is 1.85. The summed E-state index contributed by atoms with van der Waals surface area (Å²) in [5.41, 5.74) is -0.0686. The summed E-state index contributed by atoms with van der Waals surface area (Å²) in [4.78, 5) is 17.1. The summed E-state index contributed by atoms with van der Waals surface area (Å²) in [5.74, 6) is -0.481. The predicted octanol–water partition coefficient (Wildman–Crippen LogP) is 2.25. The summed E-state index contributed by atoms with van der Waals surface area (Å²) in [6, 6.07) is 1.21. The third-order valence-electron chi connectivity index (χ3n) is 3.22. The second-order valence-electron chi connectivity index (χ2n) is 4.34. The fraction of sp³-hybridized carbons (Fsp3) is 0.500. The number of carboxylic acids is 1. The molecule has 1 aliphatic heterocycles. The van der Waals surface area contributed by atoms with E-state index in [1.54, 1.807) is 0 Å². The van der Waals surface area contributed by atoms with Gasteiger partial charge in [-0.25, -0.2) is 14.2 Å². The maximum atomic E-state index is 13.1. The molecule has 0 spiro atoms. The monoisotopic (exact) mass is 270 g/mol. The van der Waals surface area contributed by atoms with Crippen LogP contribution in [-0.4, -0.2) is 39.6 Å². The highest BCUT2D eigenvalue weighted by Crippen LogP contribution is 2.30. The zero-order chi connectivity index (χ0) is 13.3. The van der Waals surface area contributed by atoms with Gasteiger partial charge in [-0.3, -0.25) is 0 Å². The number of rotatable bonds is 2. The fourth-order valence-corrected chi connectivity index (χ4v) is 3.15. The minimum atomic E-state index is -1.14. The molecule has 18 heavy (non-hydrogen) atoms. The lowest BCUT2D eigenvalue weighted by atomic mass is 10.1. The van der Waals surface area contributed by atoms with Crippen LogP contribution in [0.1, 0.15) is 24.2 Å². The lowest BCUT2D eigenvalue weighted by molar-refractivity contribution is 0.0696. The quantitative estimate of drug-likeness (QED) is 0.893. The van der Waals surface area contributed by atoms with E-state index in [1.165, 1.54) is 0 Å². The minimum Gasteiger partial charge on any atom is -0.478 e. The van der Waals surface area contributed by atoms with Crippen LogP contribution in [-0.2, 0) is 0 Å². The second kappa shape index (κ2) is 5.14. The molecule has 2 atom stereocenters. The first-order chi connectivity index (χ1) is 8.50. The van der Waals surface area contributed by atoms with Crippen LogP contribution in [0.2, 0.25) is 0 Å². The molecule has 1 aromatic rings. The number of nitrogens with zero attached hydrogens (tertiary/aromatic N) is 2. The Morgan fingerprint density at radius 3 is 3.00 bits per heavy atom. The van der Waals surface area contributed by atoms with Crippen molar-refractivity contribution in [3.63, 3.8) is 0 Å². The van der Waals surface area contributed by atoms with Gasteiger partial charge in [-0.15, -0.1) is 0 Å². The van der Waals surface area contributed by atoms with Crippen LogP contribution < -0.4 is 4.90 Å². The van der Waals surface area contributed by atoms with Gasteiger partial charge in [0.15, 0.2) is 0 Å². The van der Waals surface area contributed by atoms with Crippen LogP contribution >= 0.6 is 11.8 Å². The number of hydrogen-bond acceptors (Lipinski definition) is 4. The molecule has 0 aliphatic carbocycles. The van der Waals surface area contributed by atoms with E-state index in [1.807, 2.05) is 23.6 Å². The molecule has 4 nitrogen and oxygen atoms in total. The number of halogens is 1. The van der Waals surface area contributed by atoms with Crippen LogP contribution in [0.15, 0.2) is 12.3 Å². The molecule has 1 saturated heterocycles. The molecule has 0 saturated carbocycles. The summed E-state index contributed by atoms with van der Waals surface area (Å²) in [6.45, 7) is 4.87. The molecule has 1 N–H and O–H groups in total. The number of aromatic nitrogens is 1. The Morgan fingerprint density at radius 2 is 2.33 bits per heavy atom. The largest absolute Gasteiger partial charge is 0.478 e. The topological polar surface area (TPSA) is 53.4 Å². The van der Waals surface area contributed by atoms with Crippen LogP contribution in [0.3, 0.4) is 0 Å². The maximum absolute atomic E-state index is 13.1. The molecule has 2 rings (SSSR count). The van der Waals surface area contributed by atoms with Crippen LogP contribution in [0.4, 0.5) is 10.2 Å². The summed E-state index contributed by atoms with van der Waals surface area (Å²) in [5, 5.41) is 9.53. The number of pyridine rings is 1. The van der Waals surface area contributed by atoms with Gasteiger partial charge in [-0.05, 0) is 13.0 Å². The van der Waals surface area contributed by atoms with Gasteiger partial charge in [0.05, 0.1) is 6.20 Å². The van der Waals surface area contributed by atoms with Gasteiger partial charge in [0, 0.05) is 23.6 Å². The zero-order valence-electron chi connectivity index (χ0n) is 10.3. The van der Waals surface area contributed by atoms with E-state index in [0.717, 1.165) is 24.6 Å². The first-order valence-electron chi connectivity index (χ1n) is 5.77. The van der Waals surface area contributed by atoms with Crippen LogP contribution in [0.25, 0.3) is 0 Å². The van der Waals surface area contributed by atoms with Gasteiger partial charge in [0.2, 0.25) is 0 Å². The number of anilines is 1. The molecule has 2 unspecified atom stereocenters. The van der Waals surface area contributed by atoms with Crippen molar-refractivity contribution in [3.8, 4) is 0 Å². The number of hydrogen-bond donors (Lipinski definition) is 1. The summed E-state index contributed by atoms with van der Waals surface area (Å²) in [7, 11) is 0. The van der Waals surface area contributed by atoms with Crippen molar-refractivity contribution in [2.75, 3.05) is 17.2 Å². The Kier molecular flexibility index (Phi) is 3.75. The second-order valence-corrected chi connectivity index (χ2v) is 5.82. The fourth-order valence-electron chi connectivity index (χ4n) is 2.05. The van der Waals surface area contributed by atoms with E-state index in [0.29, 0.717) is 11.1 Å². The Morgan fingerprint density at radius 1 is 1.61 bits per heavy atom. The Hall–Kier alpha value is -1.30. The summed E-state index contributed by atoms with van der Waals surface area (Å²) in [6.07, 6.45) is 1.07. The van der Waals surface area contributed by atoms with Crippen molar-refractivity contribution in [2.24, 2.45) is 0 Å². The highest BCUT2D eigenvalue weighted by molar-refractivity contribution is 8.00. The number of aromatic carboxylic acids is 1. The summed E-state index contributed by atoms with van der Waals surface area (Å²) < 4.78 is 13.1. The van der Waals surface area contributed by atoms with Gasteiger partial charge >= 0.3 is 5.97 Å². The van der Waals surface area contributed by atoms with Crippen molar-refractivity contribution in [1.29, 1.82) is 0 Å². The molecule has 0 radical (unpaired) electrons. The smallest absolute Gasteiger partial charge is 0.339 e. The SMILES string of the molecule is CC1SCCN(c2ncc(F)cc2C(=O)O)C1C. The van der Waals surface area contributed by atoms with Crippen molar-refractivity contribution in [1.82, 2.24) is 4.98 Å². The van der Waals surface area contributed by atoms with E-state index in [-0.39, 0.29) is 11.6 Å². The van der Waals surface area contributed by atoms with E-state index in [4.69, 9.17) is 5.11 Å². The molecule has 2 heterocycles. The van der Waals surface area contributed by atoms with Crippen molar-refractivity contribution in [3.05, 3.63) is 23.6 Å². The Labute approximate surface area is 109 Å². The van der Waals surface area contributed by atoms with E-state index < -0.39 is 11.8 Å². The molecule has 98 valence electrons. The van der Waals surface area contributed by atoms with Gasteiger partial charge in [-0.1, -0.05) is 6.92 Å². The van der Waals surface area contributed by atoms with Gasteiger partial charge in [0.1, 0.15) is 17.2 Å². The molecule has 1 aliphatic rings. The predicted molar refractivity (Wildman–Crippen MR) is 69.9 cm³/mol. The first kappa shape index (κ1) is 13.1.